The van der Waals surface area contributed by atoms with Gasteiger partial charge in [-0.15, -0.1) is 0 Å². The summed E-state index contributed by atoms with van der Waals surface area (Å²) >= 11 is 4.75. The number of rotatable bonds is 0. The summed E-state index contributed by atoms with van der Waals surface area (Å²) in [6, 6.07) is 0. The van der Waals surface area contributed by atoms with E-state index in [0.717, 1.165) is 4.99 Å². The molecule has 3 nitrogen and oxygen atoms in total. The highest BCUT2D eigenvalue weighted by Gasteiger charge is 1.87. The van der Waals surface area contributed by atoms with Gasteiger partial charge in [-0.1, -0.05) is 56.8 Å². The van der Waals surface area contributed by atoms with Gasteiger partial charge in [-0.05, 0) is 6.92 Å². The third-order valence-electron chi connectivity index (χ3n) is 1.26. The van der Waals surface area contributed by atoms with Gasteiger partial charge in [0.25, 0.3) is 0 Å². The van der Waals surface area contributed by atoms with Crippen molar-refractivity contribution < 1.29 is 4.79 Å². The van der Waals surface area contributed by atoms with E-state index in [1.54, 1.807) is 14.1 Å². The Labute approximate surface area is 125 Å². The molecule has 0 spiro atoms. The first-order chi connectivity index (χ1) is 5.29. The van der Waals surface area contributed by atoms with Crippen molar-refractivity contribution in [3.8, 4) is 0 Å². The largest absolute Gasteiger partial charge is 0.373 e. The van der Waals surface area contributed by atoms with E-state index in [-0.39, 0.29) is 50.5 Å². The zero-order chi connectivity index (χ0) is 10.3. The lowest BCUT2D eigenvalue weighted by atomic mass is 10.7. The van der Waals surface area contributed by atoms with Gasteiger partial charge in [-0.3, -0.25) is 4.79 Å². The molecule has 0 aromatic heterocycles. The molecule has 0 aliphatic carbocycles. The van der Waals surface area contributed by atoms with Crippen molar-refractivity contribution in [1.29, 1.82) is 0 Å². The van der Waals surface area contributed by atoms with Crippen molar-refractivity contribution >= 4 is 23.1 Å². The standard InChI is InChI=1S/C4H9NO.C4H9NS.6CH4/c2*1-4(6)5(2)3;;;;;;/h2*1-3H3;6*1H4. The zero-order valence-electron chi connectivity index (χ0n) is 8.71. The van der Waals surface area contributed by atoms with Crippen LogP contribution in [0.15, 0.2) is 0 Å². The van der Waals surface area contributed by atoms with Gasteiger partial charge >= 0.3 is 0 Å². The molecule has 0 heterocycles. The highest BCUT2D eigenvalue weighted by atomic mass is 32.1. The second-order valence-electron chi connectivity index (χ2n) is 2.83. The van der Waals surface area contributed by atoms with Crippen LogP contribution in [0.25, 0.3) is 0 Å². The SMILES string of the molecule is C.C.C.C.C.C.CC(=O)N(C)C.CC(=S)N(C)C. The van der Waals surface area contributed by atoms with Crippen LogP contribution < -0.4 is 0 Å². The van der Waals surface area contributed by atoms with Crippen molar-refractivity contribution in [3.63, 3.8) is 0 Å². The van der Waals surface area contributed by atoms with E-state index in [1.165, 1.54) is 11.8 Å². The second kappa shape index (κ2) is 29.9. The van der Waals surface area contributed by atoms with Gasteiger partial charge in [0.1, 0.15) is 0 Å². The van der Waals surface area contributed by atoms with Gasteiger partial charge in [0.15, 0.2) is 0 Å². The molecule has 0 N–H and O–H groups in total. The van der Waals surface area contributed by atoms with Crippen molar-refractivity contribution in [2.75, 3.05) is 28.2 Å². The van der Waals surface area contributed by atoms with E-state index in [9.17, 15) is 4.79 Å². The molecule has 0 saturated carbocycles. The normalized spacial score (nSPS) is 5.22. The summed E-state index contributed by atoms with van der Waals surface area (Å²) in [7, 11) is 7.31. The summed E-state index contributed by atoms with van der Waals surface area (Å²) in [5, 5.41) is 0. The molecule has 0 fully saturated rings. The van der Waals surface area contributed by atoms with Crippen LogP contribution in [-0.2, 0) is 4.79 Å². The molecule has 0 bridgehead atoms. The summed E-state index contributed by atoms with van der Waals surface area (Å²) < 4.78 is 0. The Bertz CT molecular complexity index is 140. The van der Waals surface area contributed by atoms with Crippen LogP contribution in [0.2, 0.25) is 0 Å². The summed E-state index contributed by atoms with van der Waals surface area (Å²) in [4.78, 5) is 14.4. The Morgan fingerprint density at radius 2 is 0.833 bits per heavy atom. The predicted octanol–water partition coefficient (Wildman–Crippen LogP) is 4.81. The Morgan fingerprint density at radius 1 is 0.722 bits per heavy atom. The summed E-state index contributed by atoms with van der Waals surface area (Å²) in [6.07, 6.45) is 0. The van der Waals surface area contributed by atoms with Crippen LogP contribution in [0.4, 0.5) is 0 Å². The maximum absolute atomic E-state index is 10.1. The van der Waals surface area contributed by atoms with Gasteiger partial charge in [-0.25, -0.2) is 0 Å². The van der Waals surface area contributed by atoms with Crippen LogP contribution in [0.5, 0.6) is 0 Å². The highest BCUT2D eigenvalue weighted by molar-refractivity contribution is 7.80. The summed E-state index contributed by atoms with van der Waals surface area (Å²) in [5.41, 5.74) is 0. The first kappa shape index (κ1) is 53.0. The van der Waals surface area contributed by atoms with Crippen LogP contribution in [-0.4, -0.2) is 48.9 Å². The van der Waals surface area contributed by atoms with Gasteiger partial charge in [-0.2, -0.15) is 0 Å². The Hall–Kier alpha value is -0.640. The first-order valence-corrected chi connectivity index (χ1v) is 4.05. The first-order valence-electron chi connectivity index (χ1n) is 3.64. The van der Waals surface area contributed by atoms with Gasteiger partial charge in [0.2, 0.25) is 5.91 Å². The minimum atomic E-state index is 0. The summed E-state index contributed by atoms with van der Waals surface area (Å²) in [5.74, 6) is 0.0926. The fourth-order valence-electron chi connectivity index (χ4n) is 0. The number of nitrogens with zero attached hydrogens (tertiary/aromatic N) is 2. The molecule has 0 radical (unpaired) electrons. The molecule has 0 rings (SSSR count). The molecule has 0 unspecified atom stereocenters. The lowest BCUT2D eigenvalue weighted by Gasteiger charge is -2.06. The van der Waals surface area contributed by atoms with E-state index in [4.69, 9.17) is 12.2 Å². The number of hydrogen-bond donors (Lipinski definition) is 0. The highest BCUT2D eigenvalue weighted by Crippen LogP contribution is 1.75. The number of hydrogen-bond acceptors (Lipinski definition) is 2. The molecular formula is C14H42N2OS. The van der Waals surface area contributed by atoms with E-state index in [1.807, 2.05) is 25.9 Å². The molecule has 0 aliphatic heterocycles. The van der Waals surface area contributed by atoms with Crippen LogP contribution in [0.3, 0.4) is 0 Å². The van der Waals surface area contributed by atoms with E-state index >= 15 is 0 Å². The molecule has 120 valence electrons. The molecule has 0 aliphatic rings. The fraction of sp³-hybridized carbons (Fsp3) is 0.857. The quantitative estimate of drug-likeness (QED) is 0.597. The molecule has 0 saturated heterocycles. The van der Waals surface area contributed by atoms with Crippen molar-refractivity contribution in [2.24, 2.45) is 0 Å². The van der Waals surface area contributed by atoms with Gasteiger partial charge in [0.05, 0.1) is 4.99 Å². The molecule has 0 aromatic rings. The molecule has 0 aromatic carbocycles. The zero-order valence-corrected chi connectivity index (χ0v) is 9.53. The van der Waals surface area contributed by atoms with E-state index in [2.05, 4.69) is 0 Å². The predicted molar refractivity (Wildman–Crippen MR) is 96.7 cm³/mol. The number of thiocarbonyl (C=S) groups is 1. The molecule has 0 atom stereocenters. The maximum Gasteiger partial charge on any atom is 0.218 e. The van der Waals surface area contributed by atoms with Crippen molar-refractivity contribution in [3.05, 3.63) is 0 Å². The summed E-state index contributed by atoms with van der Waals surface area (Å²) in [6.45, 7) is 3.43. The lowest BCUT2D eigenvalue weighted by Crippen LogP contribution is -2.17. The lowest BCUT2D eigenvalue weighted by molar-refractivity contribution is -0.126. The van der Waals surface area contributed by atoms with E-state index < -0.39 is 0 Å². The van der Waals surface area contributed by atoms with Crippen molar-refractivity contribution in [1.82, 2.24) is 9.80 Å². The number of carbonyl (C=O) groups is 1. The molecule has 18 heavy (non-hydrogen) atoms. The minimum Gasteiger partial charge on any atom is -0.373 e. The second-order valence-corrected chi connectivity index (χ2v) is 3.42. The number of carbonyl (C=O) groups excluding carboxylic acids is 1. The average Bonchev–Trinajstić information content (AvgIpc) is 1.88. The molecule has 1 amide bonds. The van der Waals surface area contributed by atoms with Gasteiger partial charge < -0.3 is 9.80 Å². The minimum absolute atomic E-state index is 0. The smallest absolute Gasteiger partial charge is 0.218 e. The monoisotopic (exact) mass is 286 g/mol. The Balaban J connectivity index is -0.0000000139. The maximum atomic E-state index is 10.1. The van der Waals surface area contributed by atoms with Gasteiger partial charge in [0, 0.05) is 35.1 Å². The topological polar surface area (TPSA) is 23.6 Å². The van der Waals surface area contributed by atoms with Crippen LogP contribution in [0.1, 0.15) is 58.4 Å². The average molecular weight is 287 g/mol. The fourth-order valence-corrected chi connectivity index (χ4v) is 0. The third kappa shape index (κ3) is 58.5. The molecular weight excluding hydrogens is 244 g/mol. The van der Waals surface area contributed by atoms with Crippen LogP contribution >= 0.6 is 12.2 Å². The number of amides is 1. The van der Waals surface area contributed by atoms with Crippen molar-refractivity contribution in [2.45, 2.75) is 58.4 Å². The third-order valence-corrected chi connectivity index (χ3v) is 1.62. The van der Waals surface area contributed by atoms with Crippen LogP contribution in [0, 0.1) is 0 Å². The van der Waals surface area contributed by atoms with E-state index in [0.29, 0.717) is 0 Å². The Morgan fingerprint density at radius 3 is 0.833 bits per heavy atom. The molecule has 4 heteroatoms. The Kier molecular flexibility index (Phi) is 88.1.